The minimum atomic E-state index is 0.483. The molecule has 0 amide bonds. The van der Waals surface area contributed by atoms with Gasteiger partial charge in [0.05, 0.1) is 4.47 Å². The van der Waals surface area contributed by atoms with Gasteiger partial charge in [0.15, 0.2) is 0 Å². The van der Waals surface area contributed by atoms with Crippen LogP contribution in [0.2, 0.25) is 0 Å². The molecule has 1 aromatic rings. The van der Waals surface area contributed by atoms with Crippen molar-refractivity contribution in [3.8, 4) is 0 Å². The number of fused-ring (bicyclic) bond motifs is 1. The van der Waals surface area contributed by atoms with Gasteiger partial charge in [-0.15, -0.1) is 0 Å². The van der Waals surface area contributed by atoms with Crippen LogP contribution in [0.25, 0.3) is 0 Å². The van der Waals surface area contributed by atoms with Crippen molar-refractivity contribution < 1.29 is 0 Å². The third-order valence-corrected chi connectivity index (χ3v) is 4.93. The molecule has 3 N–H and O–H groups in total. The Morgan fingerprint density at radius 2 is 2.05 bits per heavy atom. The molecule has 2 fully saturated rings. The summed E-state index contributed by atoms with van der Waals surface area (Å²) >= 11 is 3.58. The number of hydrogen-bond donors (Lipinski definition) is 2. The number of hydrogen-bond acceptors (Lipinski definition) is 5. The van der Waals surface area contributed by atoms with Gasteiger partial charge < -0.3 is 4.90 Å². The van der Waals surface area contributed by atoms with Crippen molar-refractivity contribution in [1.82, 2.24) is 9.97 Å². The lowest BCUT2D eigenvalue weighted by molar-refractivity contribution is 0.242. The molecule has 19 heavy (non-hydrogen) atoms. The summed E-state index contributed by atoms with van der Waals surface area (Å²) in [5, 5.41) is 0. The fourth-order valence-corrected chi connectivity index (χ4v) is 3.94. The van der Waals surface area contributed by atoms with Gasteiger partial charge in [0, 0.05) is 18.8 Å². The number of nitrogens with two attached hydrogens (primary N) is 1. The second kappa shape index (κ2) is 5.63. The number of hydrazine groups is 1. The maximum atomic E-state index is 5.42. The third kappa shape index (κ3) is 2.56. The van der Waals surface area contributed by atoms with E-state index in [0.717, 1.165) is 22.8 Å². The lowest BCUT2D eigenvalue weighted by Crippen LogP contribution is -2.47. The maximum absolute atomic E-state index is 5.42. The molecule has 5 nitrogen and oxygen atoms in total. The number of nitrogen functional groups attached to an aromatic ring is 1. The Hall–Kier alpha value is -0.880. The van der Waals surface area contributed by atoms with E-state index in [9.17, 15) is 0 Å². The molecule has 1 aliphatic heterocycles. The number of nitrogens with one attached hydrogen (secondary N) is 1. The van der Waals surface area contributed by atoms with E-state index in [-0.39, 0.29) is 0 Å². The maximum Gasteiger partial charge on any atom is 0.239 e. The minimum absolute atomic E-state index is 0.483. The second-order valence-corrected chi connectivity index (χ2v) is 6.31. The van der Waals surface area contributed by atoms with Crippen molar-refractivity contribution in [2.75, 3.05) is 16.9 Å². The summed E-state index contributed by atoms with van der Waals surface area (Å²) in [4.78, 5) is 11.1. The van der Waals surface area contributed by atoms with Crippen molar-refractivity contribution in [3.05, 3.63) is 10.7 Å². The van der Waals surface area contributed by atoms with Crippen molar-refractivity contribution in [1.29, 1.82) is 0 Å². The number of nitrogens with zero attached hydrogens (tertiary/aromatic N) is 3. The highest BCUT2D eigenvalue weighted by atomic mass is 79.9. The summed E-state index contributed by atoms with van der Waals surface area (Å²) in [6.45, 7) is 1.08. The topological polar surface area (TPSA) is 67.1 Å². The standard InChI is InChI=1S/C13H20BrN5/c14-10-8-16-13(18-15)17-12(10)19-7-3-5-9-4-1-2-6-11(9)19/h8-9,11H,1-7,15H2,(H,16,17,18)/t9-,11-/m1/s1. The van der Waals surface area contributed by atoms with Crippen molar-refractivity contribution in [3.63, 3.8) is 0 Å². The van der Waals surface area contributed by atoms with E-state index in [1.165, 1.54) is 38.5 Å². The monoisotopic (exact) mass is 325 g/mol. The first-order chi connectivity index (χ1) is 9.29. The Labute approximate surface area is 122 Å². The third-order valence-electron chi connectivity index (χ3n) is 4.37. The van der Waals surface area contributed by atoms with Crippen LogP contribution in [0.1, 0.15) is 38.5 Å². The Kier molecular flexibility index (Phi) is 3.88. The molecule has 0 radical (unpaired) electrons. The van der Waals surface area contributed by atoms with Crippen LogP contribution in [0, 0.1) is 5.92 Å². The van der Waals surface area contributed by atoms with Gasteiger partial charge in [-0.1, -0.05) is 12.8 Å². The molecule has 1 saturated carbocycles. The largest absolute Gasteiger partial charge is 0.352 e. The molecular weight excluding hydrogens is 306 g/mol. The van der Waals surface area contributed by atoms with E-state index < -0.39 is 0 Å². The van der Waals surface area contributed by atoms with Crippen LogP contribution in [-0.4, -0.2) is 22.6 Å². The lowest BCUT2D eigenvalue weighted by atomic mass is 9.78. The molecule has 2 aliphatic rings. The molecule has 0 bridgehead atoms. The smallest absolute Gasteiger partial charge is 0.239 e. The van der Waals surface area contributed by atoms with Gasteiger partial charge in [-0.05, 0) is 47.5 Å². The van der Waals surface area contributed by atoms with E-state index in [1.807, 2.05) is 0 Å². The Morgan fingerprint density at radius 1 is 1.26 bits per heavy atom. The van der Waals surface area contributed by atoms with Gasteiger partial charge in [-0.2, -0.15) is 4.98 Å². The normalized spacial score (nSPS) is 26.9. The lowest BCUT2D eigenvalue weighted by Gasteiger charge is -2.45. The fraction of sp³-hybridized carbons (Fsp3) is 0.692. The number of rotatable bonds is 2. The van der Waals surface area contributed by atoms with Crippen LogP contribution < -0.4 is 16.2 Å². The molecule has 0 spiro atoms. The average Bonchev–Trinajstić information content (AvgIpc) is 2.47. The summed E-state index contributed by atoms with van der Waals surface area (Å²) in [6.07, 6.45) is 9.77. The number of piperidine rings is 1. The molecule has 2 heterocycles. The highest BCUT2D eigenvalue weighted by Crippen LogP contribution is 2.39. The summed E-state index contributed by atoms with van der Waals surface area (Å²) in [5.74, 6) is 7.72. The van der Waals surface area contributed by atoms with Crippen LogP contribution in [0.5, 0.6) is 0 Å². The van der Waals surface area contributed by atoms with Crippen LogP contribution >= 0.6 is 15.9 Å². The molecule has 3 rings (SSSR count). The van der Waals surface area contributed by atoms with Gasteiger partial charge in [0.1, 0.15) is 5.82 Å². The first-order valence-corrected chi connectivity index (χ1v) is 7.84. The Morgan fingerprint density at radius 3 is 2.89 bits per heavy atom. The van der Waals surface area contributed by atoms with Gasteiger partial charge in [-0.25, -0.2) is 10.8 Å². The summed E-state index contributed by atoms with van der Waals surface area (Å²) in [6, 6.07) is 0.638. The average molecular weight is 326 g/mol. The van der Waals surface area contributed by atoms with E-state index in [2.05, 4.69) is 36.2 Å². The summed E-state index contributed by atoms with van der Waals surface area (Å²) in [7, 11) is 0. The van der Waals surface area contributed by atoms with E-state index in [4.69, 9.17) is 5.84 Å². The molecular formula is C13H20BrN5. The highest BCUT2D eigenvalue weighted by molar-refractivity contribution is 9.10. The zero-order chi connectivity index (χ0) is 13.2. The SMILES string of the molecule is NNc1ncc(Br)c(N2CCC[C@H]3CCCC[C@H]32)n1. The van der Waals surface area contributed by atoms with Crippen LogP contribution in [0.3, 0.4) is 0 Å². The molecule has 0 aromatic carbocycles. The van der Waals surface area contributed by atoms with Crippen LogP contribution in [-0.2, 0) is 0 Å². The van der Waals surface area contributed by atoms with Gasteiger partial charge in [-0.3, -0.25) is 5.43 Å². The van der Waals surface area contributed by atoms with Gasteiger partial charge >= 0.3 is 0 Å². The first-order valence-electron chi connectivity index (χ1n) is 7.05. The quantitative estimate of drug-likeness (QED) is 0.646. The van der Waals surface area contributed by atoms with E-state index in [0.29, 0.717) is 12.0 Å². The fourth-order valence-electron chi connectivity index (χ4n) is 3.52. The van der Waals surface area contributed by atoms with Crippen molar-refractivity contribution >= 4 is 27.7 Å². The van der Waals surface area contributed by atoms with Crippen molar-refractivity contribution in [2.45, 2.75) is 44.6 Å². The zero-order valence-electron chi connectivity index (χ0n) is 11.0. The predicted octanol–water partition coefficient (Wildman–Crippen LogP) is 2.68. The molecule has 1 aromatic heterocycles. The number of halogens is 1. The molecule has 0 unspecified atom stereocenters. The molecule has 6 heteroatoms. The molecule has 1 saturated heterocycles. The molecule has 104 valence electrons. The Bertz CT molecular complexity index is 451. The zero-order valence-corrected chi connectivity index (χ0v) is 12.6. The van der Waals surface area contributed by atoms with Gasteiger partial charge in [0.2, 0.25) is 5.95 Å². The summed E-state index contributed by atoms with van der Waals surface area (Å²) in [5.41, 5.74) is 2.54. The van der Waals surface area contributed by atoms with Gasteiger partial charge in [0.25, 0.3) is 0 Å². The minimum Gasteiger partial charge on any atom is -0.352 e. The second-order valence-electron chi connectivity index (χ2n) is 5.46. The van der Waals surface area contributed by atoms with E-state index >= 15 is 0 Å². The molecule has 1 aliphatic carbocycles. The Balaban J connectivity index is 1.91. The number of aromatic nitrogens is 2. The highest BCUT2D eigenvalue weighted by Gasteiger charge is 2.34. The van der Waals surface area contributed by atoms with Crippen molar-refractivity contribution in [2.24, 2.45) is 11.8 Å². The molecule has 2 atom stereocenters. The van der Waals surface area contributed by atoms with Crippen LogP contribution in [0.4, 0.5) is 11.8 Å². The predicted molar refractivity (Wildman–Crippen MR) is 79.9 cm³/mol. The van der Waals surface area contributed by atoms with Crippen LogP contribution in [0.15, 0.2) is 10.7 Å². The van der Waals surface area contributed by atoms with E-state index in [1.54, 1.807) is 6.20 Å². The number of anilines is 2. The summed E-state index contributed by atoms with van der Waals surface area (Å²) < 4.78 is 0.956. The first kappa shape index (κ1) is 13.1.